The van der Waals surface area contributed by atoms with Crippen molar-refractivity contribution in [3.8, 4) is 5.75 Å². The van der Waals surface area contributed by atoms with Gasteiger partial charge in [0.1, 0.15) is 5.75 Å². The number of carbonyl (C=O) groups is 1. The van der Waals surface area contributed by atoms with Crippen LogP contribution in [0, 0.1) is 5.92 Å². The first-order chi connectivity index (χ1) is 9.88. The molecule has 1 rings (SSSR count). The molecule has 2 atom stereocenters. The third-order valence-electron chi connectivity index (χ3n) is 3.03. The maximum absolute atomic E-state index is 11.9. The first-order valence-electron chi connectivity index (χ1n) is 7.53. The highest BCUT2D eigenvalue weighted by atomic mass is 16.5. The third kappa shape index (κ3) is 7.09. The molecule has 0 fully saturated rings. The molecule has 1 heterocycles. The largest absolute Gasteiger partial charge is 0.479 e. The second-order valence-electron chi connectivity index (χ2n) is 5.90. The van der Waals surface area contributed by atoms with Gasteiger partial charge in [-0.2, -0.15) is 0 Å². The van der Waals surface area contributed by atoms with E-state index in [2.05, 4.69) is 24.1 Å². The Hall–Kier alpha value is -1.62. The molecule has 3 N–H and O–H groups in total. The van der Waals surface area contributed by atoms with Gasteiger partial charge in [-0.25, -0.2) is 0 Å². The highest BCUT2D eigenvalue weighted by Gasteiger charge is 2.14. The van der Waals surface area contributed by atoms with Crippen molar-refractivity contribution in [1.82, 2.24) is 10.3 Å². The van der Waals surface area contributed by atoms with Crippen LogP contribution in [0.3, 0.4) is 0 Å². The number of nitrogens with one attached hydrogen (secondary N) is 1. The monoisotopic (exact) mass is 293 g/mol. The van der Waals surface area contributed by atoms with E-state index < -0.39 is 6.10 Å². The van der Waals surface area contributed by atoms with Gasteiger partial charge in [0.25, 0.3) is 5.91 Å². The fraction of sp³-hybridized carbons (Fsp3) is 0.625. The fourth-order valence-electron chi connectivity index (χ4n) is 1.82. The Bertz CT molecular complexity index is 430. The molecular formula is C16H27N3O2. The van der Waals surface area contributed by atoms with E-state index in [0.717, 1.165) is 18.5 Å². The number of nitrogens with two attached hydrogens (primary N) is 1. The lowest BCUT2D eigenvalue weighted by molar-refractivity contribution is -0.127. The maximum Gasteiger partial charge on any atom is 0.260 e. The van der Waals surface area contributed by atoms with E-state index in [4.69, 9.17) is 10.5 Å². The van der Waals surface area contributed by atoms with Crippen molar-refractivity contribution in [2.24, 2.45) is 11.7 Å². The molecule has 2 unspecified atom stereocenters. The van der Waals surface area contributed by atoms with E-state index in [9.17, 15) is 4.79 Å². The Kier molecular flexibility index (Phi) is 7.15. The van der Waals surface area contributed by atoms with Crippen LogP contribution in [-0.4, -0.2) is 29.6 Å². The molecule has 0 bridgehead atoms. The van der Waals surface area contributed by atoms with Gasteiger partial charge in [-0.3, -0.25) is 9.78 Å². The molecule has 1 amide bonds. The summed E-state index contributed by atoms with van der Waals surface area (Å²) in [6.07, 6.45) is 2.80. The van der Waals surface area contributed by atoms with E-state index in [-0.39, 0.29) is 11.9 Å². The van der Waals surface area contributed by atoms with Crippen molar-refractivity contribution in [1.29, 1.82) is 0 Å². The normalized spacial score (nSPS) is 13.8. The minimum atomic E-state index is -0.529. The molecule has 0 aromatic carbocycles. The summed E-state index contributed by atoms with van der Waals surface area (Å²) in [5.41, 5.74) is 6.65. The molecule has 1 aromatic heterocycles. The summed E-state index contributed by atoms with van der Waals surface area (Å²) in [4.78, 5) is 16.1. The Morgan fingerprint density at radius 2 is 2.05 bits per heavy atom. The van der Waals surface area contributed by atoms with Crippen LogP contribution in [-0.2, 0) is 11.2 Å². The fourth-order valence-corrected chi connectivity index (χ4v) is 1.82. The number of hydrogen-bond acceptors (Lipinski definition) is 4. The van der Waals surface area contributed by atoms with Gasteiger partial charge in [0.15, 0.2) is 6.10 Å². The van der Waals surface area contributed by atoms with Crippen LogP contribution >= 0.6 is 0 Å². The van der Waals surface area contributed by atoms with Gasteiger partial charge in [0.2, 0.25) is 0 Å². The second-order valence-corrected chi connectivity index (χ2v) is 5.90. The molecule has 0 aliphatic heterocycles. The zero-order valence-corrected chi connectivity index (χ0v) is 13.4. The van der Waals surface area contributed by atoms with E-state index in [1.165, 1.54) is 0 Å². The summed E-state index contributed by atoms with van der Waals surface area (Å²) < 4.78 is 5.59. The third-order valence-corrected chi connectivity index (χ3v) is 3.03. The molecule has 1 aromatic rings. The molecule has 0 spiro atoms. The number of aromatic nitrogens is 1. The topological polar surface area (TPSA) is 77.2 Å². The standard InChI is InChI=1S/C16H27N3O2/c1-11(2)7-8-18-16(20)13(4)21-15-6-5-14(19-10-15)9-12(3)17/h5-6,10-13H,7-9,17H2,1-4H3,(H,18,20). The molecule has 0 aliphatic carbocycles. The first-order valence-corrected chi connectivity index (χ1v) is 7.53. The predicted molar refractivity (Wildman–Crippen MR) is 84.1 cm³/mol. The summed E-state index contributed by atoms with van der Waals surface area (Å²) in [6, 6.07) is 3.78. The van der Waals surface area contributed by atoms with Crippen LogP contribution < -0.4 is 15.8 Å². The quantitative estimate of drug-likeness (QED) is 0.767. The zero-order chi connectivity index (χ0) is 15.8. The summed E-state index contributed by atoms with van der Waals surface area (Å²) >= 11 is 0. The number of rotatable bonds is 8. The Balaban J connectivity index is 2.43. The number of hydrogen-bond donors (Lipinski definition) is 2. The molecule has 0 saturated heterocycles. The maximum atomic E-state index is 11.9. The van der Waals surface area contributed by atoms with Crippen LogP contribution in [0.5, 0.6) is 5.75 Å². The molecule has 118 valence electrons. The second kappa shape index (κ2) is 8.62. The average molecular weight is 293 g/mol. The highest BCUT2D eigenvalue weighted by molar-refractivity contribution is 5.80. The van der Waals surface area contributed by atoms with E-state index >= 15 is 0 Å². The Labute approximate surface area is 127 Å². The van der Waals surface area contributed by atoms with Gasteiger partial charge in [-0.15, -0.1) is 0 Å². The molecule has 5 heteroatoms. The van der Waals surface area contributed by atoms with E-state index in [1.54, 1.807) is 13.1 Å². The number of amides is 1. The average Bonchev–Trinajstić information content (AvgIpc) is 2.39. The van der Waals surface area contributed by atoms with Crippen molar-refractivity contribution < 1.29 is 9.53 Å². The molecule has 0 aliphatic rings. The van der Waals surface area contributed by atoms with Gasteiger partial charge in [-0.1, -0.05) is 13.8 Å². The number of pyridine rings is 1. The van der Waals surface area contributed by atoms with Crippen LogP contribution in [0.2, 0.25) is 0 Å². The van der Waals surface area contributed by atoms with Crippen LogP contribution in [0.25, 0.3) is 0 Å². The van der Waals surface area contributed by atoms with Crippen LogP contribution in [0.4, 0.5) is 0 Å². The lowest BCUT2D eigenvalue weighted by Crippen LogP contribution is -2.37. The predicted octanol–water partition coefficient (Wildman–Crippen LogP) is 1.90. The van der Waals surface area contributed by atoms with E-state index in [1.807, 2.05) is 19.1 Å². The molecule has 5 nitrogen and oxygen atoms in total. The lowest BCUT2D eigenvalue weighted by atomic mass is 10.1. The first kappa shape index (κ1) is 17.4. The SMILES string of the molecule is CC(C)CCNC(=O)C(C)Oc1ccc(CC(C)N)nc1. The highest BCUT2D eigenvalue weighted by Crippen LogP contribution is 2.12. The minimum Gasteiger partial charge on any atom is -0.479 e. The number of ether oxygens (including phenoxy) is 1. The lowest BCUT2D eigenvalue weighted by Gasteiger charge is -2.15. The molecule has 0 saturated carbocycles. The van der Waals surface area contributed by atoms with Crippen molar-refractivity contribution in [2.75, 3.05) is 6.54 Å². The van der Waals surface area contributed by atoms with Gasteiger partial charge >= 0.3 is 0 Å². The van der Waals surface area contributed by atoms with Crippen molar-refractivity contribution >= 4 is 5.91 Å². The molecule has 0 radical (unpaired) electrons. The zero-order valence-electron chi connectivity index (χ0n) is 13.4. The number of nitrogens with zero attached hydrogens (tertiary/aromatic N) is 1. The Morgan fingerprint density at radius 1 is 1.33 bits per heavy atom. The summed E-state index contributed by atoms with van der Waals surface area (Å²) in [7, 11) is 0. The summed E-state index contributed by atoms with van der Waals surface area (Å²) in [6.45, 7) is 8.61. The minimum absolute atomic E-state index is 0.0786. The van der Waals surface area contributed by atoms with Crippen molar-refractivity contribution in [3.63, 3.8) is 0 Å². The van der Waals surface area contributed by atoms with Gasteiger partial charge in [0, 0.05) is 24.7 Å². The van der Waals surface area contributed by atoms with Gasteiger partial charge < -0.3 is 15.8 Å². The van der Waals surface area contributed by atoms with Gasteiger partial charge in [-0.05, 0) is 38.3 Å². The summed E-state index contributed by atoms with van der Waals surface area (Å²) in [5, 5.41) is 2.87. The molecular weight excluding hydrogens is 266 g/mol. The van der Waals surface area contributed by atoms with Gasteiger partial charge in [0.05, 0.1) is 6.20 Å². The smallest absolute Gasteiger partial charge is 0.260 e. The number of carbonyl (C=O) groups excluding carboxylic acids is 1. The van der Waals surface area contributed by atoms with Crippen molar-refractivity contribution in [2.45, 2.75) is 52.7 Å². The molecule has 21 heavy (non-hydrogen) atoms. The van der Waals surface area contributed by atoms with E-state index in [0.29, 0.717) is 18.2 Å². The Morgan fingerprint density at radius 3 is 2.57 bits per heavy atom. The van der Waals surface area contributed by atoms with Crippen LogP contribution in [0.1, 0.15) is 39.8 Å². The summed E-state index contributed by atoms with van der Waals surface area (Å²) in [5.74, 6) is 1.06. The van der Waals surface area contributed by atoms with Crippen molar-refractivity contribution in [3.05, 3.63) is 24.0 Å². The van der Waals surface area contributed by atoms with Crippen LogP contribution in [0.15, 0.2) is 18.3 Å².